The number of unbranched alkanes of at least 4 members (excludes halogenated alkanes) is 2. The number of esters is 1. The summed E-state index contributed by atoms with van der Waals surface area (Å²) in [6, 6.07) is 18.8. The molecule has 1 spiro atoms. The van der Waals surface area contributed by atoms with E-state index < -0.39 is 31.7 Å². The number of carbonyl (C=O) groups excluding carboxylic acids is 4. The van der Waals surface area contributed by atoms with Gasteiger partial charge >= 0.3 is 5.97 Å². The molecule has 4 heterocycles. The van der Waals surface area contributed by atoms with Crippen molar-refractivity contribution in [3.8, 4) is 11.5 Å². The van der Waals surface area contributed by atoms with Crippen LogP contribution < -0.4 is 29.8 Å². The van der Waals surface area contributed by atoms with Gasteiger partial charge in [0.2, 0.25) is 11.8 Å². The van der Waals surface area contributed by atoms with Gasteiger partial charge in [0.05, 0.1) is 71.5 Å². The summed E-state index contributed by atoms with van der Waals surface area (Å²) in [7, 11) is 0.378. The van der Waals surface area contributed by atoms with Crippen LogP contribution in [0.5, 0.6) is 11.5 Å². The zero-order valence-corrected chi connectivity index (χ0v) is 39.3. The Kier molecular flexibility index (Phi) is 14.9. The average Bonchev–Trinajstić information content (AvgIpc) is 3.96. The zero-order valence-electron chi connectivity index (χ0n) is 38.3. The molecule has 0 radical (unpaired) electrons. The van der Waals surface area contributed by atoms with Gasteiger partial charge in [0.25, 0.3) is 5.91 Å². The smallest absolute Gasteiger partial charge is 0.305 e. The number of likely N-dealkylation sites (tertiary alicyclic amines) is 1. The first kappa shape index (κ1) is 47.2. The van der Waals surface area contributed by atoms with Crippen molar-refractivity contribution in [3.63, 3.8) is 0 Å². The van der Waals surface area contributed by atoms with Gasteiger partial charge in [-0.1, -0.05) is 37.3 Å². The van der Waals surface area contributed by atoms with Gasteiger partial charge < -0.3 is 44.3 Å². The van der Waals surface area contributed by atoms with Crippen LogP contribution in [0.25, 0.3) is 0 Å². The molecule has 15 heteroatoms. The number of hydrogen-bond acceptors (Lipinski definition) is 11. The Balaban J connectivity index is 1.35. The van der Waals surface area contributed by atoms with Gasteiger partial charge in [-0.15, -0.1) is 0 Å². The van der Waals surface area contributed by atoms with Gasteiger partial charge in [0.15, 0.2) is 5.60 Å². The number of ether oxygens (including phenoxy) is 4. The summed E-state index contributed by atoms with van der Waals surface area (Å²) >= 11 is 0. The maximum absolute atomic E-state index is 15.6. The van der Waals surface area contributed by atoms with Crippen molar-refractivity contribution in [2.75, 3.05) is 63.5 Å². The van der Waals surface area contributed by atoms with Crippen LogP contribution in [-0.4, -0.2) is 119 Å². The lowest BCUT2D eigenvalue weighted by molar-refractivity contribution is -0.150. The molecule has 4 aliphatic rings. The molecule has 1 unspecified atom stereocenters. The fourth-order valence-electron chi connectivity index (χ4n) is 10.9. The number of fused-ring (bicyclic) bond motifs is 3. The second kappa shape index (κ2) is 20.2. The Hall–Kier alpha value is -4.80. The van der Waals surface area contributed by atoms with Crippen molar-refractivity contribution >= 4 is 54.0 Å². The number of carbonyl (C=O) groups is 4. The molecule has 346 valence electrons. The monoisotopic (exact) mass is 898 g/mol. The van der Waals surface area contributed by atoms with Crippen molar-refractivity contribution in [1.29, 1.82) is 0 Å². The van der Waals surface area contributed by atoms with Gasteiger partial charge in [-0.05, 0) is 118 Å². The highest BCUT2D eigenvalue weighted by molar-refractivity contribution is 6.91. The average molecular weight is 899 g/mol. The summed E-state index contributed by atoms with van der Waals surface area (Å²) in [5, 5.41) is 24.2. The van der Waals surface area contributed by atoms with Gasteiger partial charge in [0.1, 0.15) is 11.5 Å². The molecule has 3 N–H and O–H groups in total. The van der Waals surface area contributed by atoms with Crippen molar-refractivity contribution in [1.82, 2.24) is 10.2 Å². The number of aliphatic hydroxyl groups is 2. The number of amides is 3. The molecular weight excluding hydrogens is 833 g/mol. The predicted octanol–water partition coefficient (Wildman–Crippen LogP) is 5.32. The summed E-state index contributed by atoms with van der Waals surface area (Å²) < 4.78 is 23.7. The van der Waals surface area contributed by atoms with Crippen LogP contribution in [-0.2, 0) is 40.7 Å². The van der Waals surface area contributed by atoms with Crippen LogP contribution in [0, 0.1) is 5.92 Å². The molecule has 2 fully saturated rings. The van der Waals surface area contributed by atoms with Crippen molar-refractivity contribution < 1.29 is 48.3 Å². The number of nitrogens with zero attached hydrogens (tertiary/aromatic N) is 3. The third-order valence-electron chi connectivity index (χ3n) is 14.1. The normalized spacial score (nSPS) is 24.1. The third-order valence-corrected chi connectivity index (χ3v) is 18.5. The van der Waals surface area contributed by atoms with Crippen molar-refractivity contribution in [3.05, 3.63) is 71.8 Å². The van der Waals surface area contributed by atoms with Crippen LogP contribution >= 0.6 is 0 Å². The van der Waals surface area contributed by atoms with E-state index in [0.29, 0.717) is 81.0 Å². The number of anilines is 3. The second-order valence-electron chi connectivity index (χ2n) is 18.2. The summed E-state index contributed by atoms with van der Waals surface area (Å²) in [5.74, 6) is 0.240. The van der Waals surface area contributed by atoms with Crippen molar-refractivity contribution in [2.45, 2.75) is 114 Å². The third kappa shape index (κ3) is 8.93. The minimum absolute atomic E-state index is 0.0467. The highest BCUT2D eigenvalue weighted by Crippen LogP contribution is 2.61. The lowest BCUT2D eigenvalue weighted by Gasteiger charge is -2.37. The quantitative estimate of drug-likeness (QED) is 0.0810. The van der Waals surface area contributed by atoms with E-state index in [1.807, 2.05) is 55.5 Å². The van der Waals surface area contributed by atoms with E-state index in [4.69, 9.17) is 18.9 Å². The van der Waals surface area contributed by atoms with Gasteiger partial charge in [0, 0.05) is 43.3 Å². The van der Waals surface area contributed by atoms with E-state index >= 15 is 4.79 Å². The van der Waals surface area contributed by atoms with Crippen LogP contribution in [0.4, 0.5) is 17.1 Å². The minimum Gasteiger partial charge on any atom is -0.497 e. The molecule has 6 atom stereocenters. The van der Waals surface area contributed by atoms with Gasteiger partial charge in [-0.3, -0.25) is 24.1 Å². The Morgan fingerprint density at radius 3 is 2.41 bits per heavy atom. The van der Waals surface area contributed by atoms with Gasteiger partial charge in [-0.2, -0.15) is 0 Å². The summed E-state index contributed by atoms with van der Waals surface area (Å²) in [5.41, 5.74) is 1.82. The van der Waals surface area contributed by atoms with Gasteiger partial charge in [-0.25, -0.2) is 0 Å². The minimum atomic E-state index is -2.62. The molecule has 7 rings (SSSR count). The molecule has 3 amide bonds. The molecule has 0 aromatic heterocycles. The standard InChI is InChI=1S/C49H66N4O10Si/c1-7-62-37-18-22-41-33(27-37)28-40(50-23-9-11-26-54)47(58)53(41)34-15-21-42-39(29-34)49(48(59)52(42)24-10-8-14-45(57)61-4)32(2)46(64(5,6)38-19-16-36(60-3)17-20-38)43(63-49)30-44(56)51-25-12-13-35(51)31-55/h15-22,27,29,32,35,40,43,46,50,54-55H,7-14,23-26,28,30-31H2,1-6H3/t32-,35+,40?,43+,46-,49+/m1/s1. The Morgan fingerprint density at radius 1 is 0.953 bits per heavy atom. The molecule has 3 aromatic carbocycles. The van der Waals surface area contributed by atoms with Crippen LogP contribution in [0.2, 0.25) is 18.6 Å². The van der Waals surface area contributed by atoms with E-state index in [0.717, 1.165) is 35.0 Å². The zero-order chi connectivity index (χ0) is 45.8. The maximum atomic E-state index is 15.6. The molecule has 64 heavy (non-hydrogen) atoms. The molecule has 0 saturated carbocycles. The lowest BCUT2D eigenvalue weighted by atomic mass is 9.82. The topological polar surface area (TPSA) is 167 Å². The lowest BCUT2D eigenvalue weighted by Crippen LogP contribution is -2.52. The van der Waals surface area contributed by atoms with E-state index in [-0.39, 0.29) is 61.3 Å². The fourth-order valence-corrected chi connectivity index (χ4v) is 14.9. The molecule has 2 saturated heterocycles. The first-order valence-corrected chi connectivity index (χ1v) is 26.1. The number of rotatable bonds is 19. The molecule has 3 aromatic rings. The predicted molar refractivity (Wildman–Crippen MR) is 247 cm³/mol. The first-order chi connectivity index (χ1) is 30.8. The maximum Gasteiger partial charge on any atom is 0.305 e. The second-order valence-corrected chi connectivity index (χ2v) is 22.8. The number of methoxy groups -OCH3 is 2. The molecule has 0 bridgehead atoms. The molecular formula is C49H66N4O10Si. The number of aliphatic hydroxyl groups excluding tert-OH is 2. The van der Waals surface area contributed by atoms with E-state index in [2.05, 4.69) is 37.5 Å². The number of benzene rings is 3. The highest BCUT2D eigenvalue weighted by atomic mass is 28.3. The SMILES string of the molecule is CCOc1ccc2c(c1)CC(NCCCCO)C(=O)N2c1ccc2c(c1)[C@]1(O[C@@H](CC(=O)N3CCC[C@H]3CO)[C@H]([Si](C)(C)c3ccc(OC)cc3)[C@H]1C)C(=O)N2CCCCC(=O)OC. The number of hydrogen-bond donors (Lipinski definition) is 3. The summed E-state index contributed by atoms with van der Waals surface area (Å²) in [6.45, 7) is 10.4. The number of nitrogens with one attached hydrogen (secondary N) is 1. The fraction of sp³-hybridized carbons (Fsp3) is 0.551. The van der Waals surface area contributed by atoms with E-state index in [9.17, 15) is 24.6 Å². The van der Waals surface area contributed by atoms with Crippen LogP contribution in [0.3, 0.4) is 0 Å². The van der Waals surface area contributed by atoms with Crippen molar-refractivity contribution in [2.24, 2.45) is 5.92 Å². The largest absolute Gasteiger partial charge is 0.497 e. The highest BCUT2D eigenvalue weighted by Gasteiger charge is 2.66. The van der Waals surface area contributed by atoms with E-state index in [1.54, 1.807) is 21.8 Å². The Bertz CT molecular complexity index is 2170. The van der Waals surface area contributed by atoms with Crippen LogP contribution in [0.1, 0.15) is 76.3 Å². The summed E-state index contributed by atoms with van der Waals surface area (Å²) in [6.07, 6.45) is 3.99. The first-order valence-electron chi connectivity index (χ1n) is 23.0. The molecule has 14 nitrogen and oxygen atoms in total. The van der Waals surface area contributed by atoms with Crippen LogP contribution in [0.15, 0.2) is 60.7 Å². The molecule has 4 aliphatic heterocycles. The Morgan fingerprint density at radius 2 is 1.70 bits per heavy atom. The molecule has 0 aliphatic carbocycles. The van der Waals surface area contributed by atoms with E-state index in [1.165, 1.54) is 7.11 Å². The summed E-state index contributed by atoms with van der Waals surface area (Å²) in [4.78, 5) is 62.1. The Labute approximate surface area is 378 Å².